The predicted octanol–water partition coefficient (Wildman–Crippen LogP) is 7.76. The third kappa shape index (κ3) is 2.27. The Morgan fingerprint density at radius 3 is 2.24 bits per heavy atom. The zero-order valence-electron chi connectivity index (χ0n) is 18.1. The zero-order valence-corrected chi connectivity index (χ0v) is 18.1. The highest BCUT2D eigenvalue weighted by Crippen LogP contribution is 2.40. The number of aromatic nitrogens is 3. The molecule has 0 aliphatic rings. The van der Waals surface area contributed by atoms with Crippen LogP contribution in [-0.2, 0) is 0 Å². The van der Waals surface area contributed by atoms with Gasteiger partial charge in [0.15, 0.2) is 5.58 Å². The molecule has 4 nitrogen and oxygen atoms in total. The van der Waals surface area contributed by atoms with Gasteiger partial charge in [0.1, 0.15) is 11.0 Å². The standard InChI is InChI=1S/C30H17N3O/c1-2-10-19-18(9-1)17-23(21-12-4-3-11-20(19)21)28-29-27(22-13-5-6-14-24(22)31-28)32-30-33(29)25-15-7-8-16-26(25)34-30/h1-17H. The molecule has 8 aromatic rings. The molecule has 34 heavy (non-hydrogen) atoms. The number of hydrogen-bond donors (Lipinski definition) is 0. The smallest absolute Gasteiger partial charge is 0.307 e. The Labute approximate surface area is 193 Å². The third-order valence-corrected chi connectivity index (χ3v) is 6.79. The van der Waals surface area contributed by atoms with E-state index in [0.29, 0.717) is 5.84 Å². The van der Waals surface area contributed by atoms with E-state index in [2.05, 4.69) is 77.2 Å². The number of rotatable bonds is 1. The Bertz CT molecular complexity index is 2070. The molecule has 0 atom stereocenters. The van der Waals surface area contributed by atoms with Gasteiger partial charge in [-0.25, -0.2) is 4.98 Å². The monoisotopic (exact) mass is 435 g/mol. The van der Waals surface area contributed by atoms with Crippen LogP contribution in [0.3, 0.4) is 0 Å². The van der Waals surface area contributed by atoms with Crippen LogP contribution in [0.15, 0.2) is 108 Å². The van der Waals surface area contributed by atoms with Crippen molar-refractivity contribution >= 4 is 60.4 Å². The van der Waals surface area contributed by atoms with Crippen LogP contribution in [0.25, 0.3) is 71.7 Å². The van der Waals surface area contributed by atoms with Gasteiger partial charge >= 0.3 is 5.84 Å². The first-order valence-corrected chi connectivity index (χ1v) is 11.4. The molecule has 0 radical (unpaired) electrons. The summed E-state index contributed by atoms with van der Waals surface area (Å²) in [4.78, 5) is 10.2. The number of imidazole rings is 1. The fraction of sp³-hybridized carbons (Fsp3) is 0. The molecule has 0 N–H and O–H groups in total. The van der Waals surface area contributed by atoms with Crippen LogP contribution in [0.2, 0.25) is 0 Å². The van der Waals surface area contributed by atoms with Crippen molar-refractivity contribution in [2.45, 2.75) is 0 Å². The van der Waals surface area contributed by atoms with E-state index in [1.807, 2.05) is 30.3 Å². The van der Waals surface area contributed by atoms with Crippen LogP contribution in [0.1, 0.15) is 0 Å². The average molecular weight is 435 g/mol. The fourth-order valence-electron chi connectivity index (χ4n) is 5.31. The van der Waals surface area contributed by atoms with Crippen molar-refractivity contribution < 1.29 is 4.42 Å². The maximum Gasteiger partial charge on any atom is 0.307 e. The molecule has 0 fully saturated rings. The van der Waals surface area contributed by atoms with E-state index in [-0.39, 0.29) is 0 Å². The average Bonchev–Trinajstić information content (AvgIpc) is 3.44. The summed E-state index contributed by atoms with van der Waals surface area (Å²) in [5.41, 5.74) is 6.61. The van der Waals surface area contributed by atoms with Crippen molar-refractivity contribution in [2.75, 3.05) is 0 Å². The first kappa shape index (κ1) is 17.8. The normalized spacial score (nSPS) is 12.1. The Kier molecular flexibility index (Phi) is 3.36. The SMILES string of the molecule is c1ccc2c(c1)cc(-c1nc3ccccc3c3nc4oc5ccccc5n4c13)c1ccccc12. The minimum absolute atomic E-state index is 0.584. The lowest BCUT2D eigenvalue weighted by molar-refractivity contribution is 0.643. The van der Waals surface area contributed by atoms with E-state index < -0.39 is 0 Å². The zero-order chi connectivity index (χ0) is 22.2. The van der Waals surface area contributed by atoms with Crippen molar-refractivity contribution in [3.05, 3.63) is 103 Å². The van der Waals surface area contributed by atoms with E-state index >= 15 is 0 Å². The van der Waals surface area contributed by atoms with Crippen LogP contribution >= 0.6 is 0 Å². The highest BCUT2D eigenvalue weighted by Gasteiger charge is 2.21. The Morgan fingerprint density at radius 2 is 1.32 bits per heavy atom. The molecule has 0 amide bonds. The molecule has 3 aromatic heterocycles. The molecular formula is C30H17N3O. The summed E-state index contributed by atoms with van der Waals surface area (Å²) < 4.78 is 8.27. The summed E-state index contributed by atoms with van der Waals surface area (Å²) in [6.07, 6.45) is 0. The number of benzene rings is 5. The van der Waals surface area contributed by atoms with Crippen molar-refractivity contribution in [3.8, 4) is 11.3 Å². The maximum atomic E-state index is 6.16. The van der Waals surface area contributed by atoms with E-state index in [1.54, 1.807) is 0 Å². The second kappa shape index (κ2) is 6.42. The van der Waals surface area contributed by atoms with Gasteiger partial charge in [-0.2, -0.15) is 4.98 Å². The number of oxazole rings is 1. The molecule has 3 heterocycles. The summed E-state index contributed by atoms with van der Waals surface area (Å²) in [5, 5.41) is 5.85. The number of para-hydroxylation sites is 3. The first-order valence-electron chi connectivity index (χ1n) is 11.4. The van der Waals surface area contributed by atoms with Gasteiger partial charge in [0.05, 0.1) is 16.7 Å². The Balaban J connectivity index is 1.65. The van der Waals surface area contributed by atoms with E-state index in [1.165, 1.54) is 21.5 Å². The molecule has 0 aliphatic heterocycles. The van der Waals surface area contributed by atoms with Gasteiger partial charge in [-0.15, -0.1) is 0 Å². The molecule has 0 aliphatic carbocycles. The highest BCUT2D eigenvalue weighted by atomic mass is 16.4. The molecule has 0 saturated carbocycles. The molecular weight excluding hydrogens is 418 g/mol. The first-order chi connectivity index (χ1) is 16.9. The number of hydrogen-bond acceptors (Lipinski definition) is 3. The number of pyridine rings is 1. The topological polar surface area (TPSA) is 43.3 Å². The van der Waals surface area contributed by atoms with Gasteiger partial charge in [0, 0.05) is 10.9 Å². The highest BCUT2D eigenvalue weighted by molar-refractivity contribution is 6.18. The van der Waals surface area contributed by atoms with Crippen LogP contribution in [0.4, 0.5) is 0 Å². The predicted molar refractivity (Wildman–Crippen MR) is 138 cm³/mol. The van der Waals surface area contributed by atoms with Gasteiger partial charge in [-0.3, -0.25) is 4.40 Å². The van der Waals surface area contributed by atoms with Crippen LogP contribution in [-0.4, -0.2) is 14.4 Å². The lowest BCUT2D eigenvalue weighted by Gasteiger charge is -2.12. The summed E-state index contributed by atoms with van der Waals surface area (Å²) in [6.45, 7) is 0. The van der Waals surface area contributed by atoms with Gasteiger partial charge in [0.2, 0.25) is 0 Å². The van der Waals surface area contributed by atoms with E-state index in [9.17, 15) is 0 Å². The van der Waals surface area contributed by atoms with Crippen molar-refractivity contribution in [2.24, 2.45) is 0 Å². The van der Waals surface area contributed by atoms with Gasteiger partial charge in [0.25, 0.3) is 0 Å². The quantitative estimate of drug-likeness (QED) is 0.248. The lowest BCUT2D eigenvalue weighted by Crippen LogP contribution is -1.93. The molecule has 158 valence electrons. The molecule has 0 spiro atoms. The third-order valence-electron chi connectivity index (χ3n) is 6.79. The lowest BCUT2D eigenvalue weighted by atomic mass is 9.94. The maximum absolute atomic E-state index is 6.16. The number of fused-ring (bicyclic) bond motifs is 10. The van der Waals surface area contributed by atoms with E-state index in [0.717, 1.165) is 44.3 Å². The van der Waals surface area contributed by atoms with Crippen LogP contribution in [0, 0.1) is 0 Å². The second-order valence-electron chi connectivity index (χ2n) is 8.67. The summed E-state index contributed by atoms with van der Waals surface area (Å²) in [6, 6.07) is 35.6. The molecule has 0 saturated heterocycles. The fourth-order valence-corrected chi connectivity index (χ4v) is 5.31. The summed E-state index contributed by atoms with van der Waals surface area (Å²) in [7, 11) is 0. The largest absolute Gasteiger partial charge is 0.423 e. The second-order valence-corrected chi connectivity index (χ2v) is 8.67. The van der Waals surface area contributed by atoms with Gasteiger partial charge in [-0.05, 0) is 45.8 Å². The molecule has 0 unspecified atom stereocenters. The van der Waals surface area contributed by atoms with Crippen molar-refractivity contribution in [1.29, 1.82) is 0 Å². The Morgan fingerprint density at radius 1 is 0.618 bits per heavy atom. The van der Waals surface area contributed by atoms with Gasteiger partial charge in [-0.1, -0.05) is 78.9 Å². The molecule has 4 heteroatoms. The van der Waals surface area contributed by atoms with Crippen molar-refractivity contribution in [3.63, 3.8) is 0 Å². The summed E-state index contributed by atoms with van der Waals surface area (Å²) >= 11 is 0. The van der Waals surface area contributed by atoms with E-state index in [4.69, 9.17) is 14.4 Å². The Hall–Kier alpha value is -4.70. The van der Waals surface area contributed by atoms with Crippen molar-refractivity contribution in [1.82, 2.24) is 14.4 Å². The van der Waals surface area contributed by atoms with Crippen LogP contribution in [0.5, 0.6) is 0 Å². The van der Waals surface area contributed by atoms with Crippen LogP contribution < -0.4 is 0 Å². The van der Waals surface area contributed by atoms with Gasteiger partial charge < -0.3 is 4.42 Å². The molecule has 8 rings (SSSR count). The summed E-state index contributed by atoms with van der Waals surface area (Å²) in [5.74, 6) is 0.584. The minimum atomic E-state index is 0.584. The molecule has 5 aromatic carbocycles. The molecule has 0 bridgehead atoms. The minimum Gasteiger partial charge on any atom is -0.423 e. The number of nitrogens with zero attached hydrogens (tertiary/aromatic N) is 3.